The molecule has 0 saturated heterocycles. The minimum atomic E-state index is -0.287. The number of hydrogen-bond donors (Lipinski definition) is 0. The maximum atomic E-state index is 10.8. The molecule has 130 valence electrons. The first-order valence-corrected chi connectivity index (χ1v) is 9.20. The molecule has 0 heterocycles. The molecule has 0 aliphatic rings. The first-order valence-electron chi connectivity index (χ1n) is 9.20. The topological polar surface area (TPSA) is 26.3 Å². The first kappa shape index (κ1) is 24.7. The fourth-order valence-electron chi connectivity index (χ4n) is 2.70. The number of rotatable bonds is 16. The second-order valence-corrected chi connectivity index (χ2v) is 6.19. The normalized spacial score (nSPS) is 10.2. The molecule has 0 amide bonds. The predicted octanol–water partition coefficient (Wildman–Crippen LogP) is 4.69. The minimum absolute atomic E-state index is 0. The van der Waals surface area contributed by atoms with Crippen LogP contribution in [0.3, 0.4) is 0 Å². The van der Waals surface area contributed by atoms with Crippen molar-refractivity contribution in [2.45, 2.75) is 110 Å². The Morgan fingerprint density at radius 3 is 1.32 bits per heavy atom. The molecule has 4 heteroatoms. The van der Waals surface area contributed by atoms with E-state index in [0.717, 1.165) is 12.8 Å². The average Bonchev–Trinajstić information content (AvgIpc) is 2.50. The predicted molar refractivity (Wildman–Crippen MR) is 101 cm³/mol. The van der Waals surface area contributed by atoms with Crippen molar-refractivity contribution >= 4 is 40.2 Å². The Morgan fingerprint density at radius 2 is 1.00 bits per heavy atom. The van der Waals surface area contributed by atoms with Crippen LogP contribution in [0.15, 0.2) is 0 Å². The van der Waals surface area contributed by atoms with Gasteiger partial charge in [-0.2, -0.15) is 0 Å². The molecule has 2 nitrogen and oxygen atoms in total. The van der Waals surface area contributed by atoms with E-state index in [1.54, 1.807) is 0 Å². The van der Waals surface area contributed by atoms with Gasteiger partial charge in [0, 0.05) is 6.42 Å². The molecule has 0 aliphatic carbocycles. The molecule has 0 aromatic heterocycles. The van der Waals surface area contributed by atoms with E-state index in [-0.39, 0.29) is 32.2 Å². The van der Waals surface area contributed by atoms with Gasteiger partial charge in [-0.1, -0.05) is 96.8 Å². The van der Waals surface area contributed by atoms with Gasteiger partial charge >= 0.3 is 34.3 Å². The van der Waals surface area contributed by atoms with Gasteiger partial charge in [0.05, 0.1) is 0 Å². The number of unbranched alkanes of at least 4 members (excludes halogenated alkanes) is 14. The number of carbonyl (C=O) groups excluding carboxylic acids is 1. The second kappa shape index (κ2) is 21.4. The third-order valence-corrected chi connectivity index (χ3v) is 4.12. The van der Waals surface area contributed by atoms with E-state index in [1.165, 1.54) is 83.5 Å². The van der Waals surface area contributed by atoms with Crippen LogP contribution in [0, 0.1) is 0 Å². The van der Waals surface area contributed by atoms with E-state index in [4.69, 9.17) is 8.05 Å². The van der Waals surface area contributed by atoms with Gasteiger partial charge in [-0.15, -0.1) is 0 Å². The van der Waals surface area contributed by atoms with Crippen molar-refractivity contribution < 1.29 is 9.45 Å². The van der Waals surface area contributed by atoms with Crippen LogP contribution in [0.4, 0.5) is 0 Å². The fraction of sp³-hybridized carbons (Fsp3) is 0.944. The molecule has 0 saturated carbocycles. The Hall–Kier alpha value is 0.418. The molecule has 0 unspecified atom stereocenters. The summed E-state index contributed by atoms with van der Waals surface area (Å²) in [5.74, 6) is -0.287. The van der Waals surface area contributed by atoms with Crippen molar-refractivity contribution in [1.82, 2.24) is 0 Å². The van der Waals surface area contributed by atoms with Gasteiger partial charge < -0.3 is 4.65 Å². The van der Waals surface area contributed by atoms with Gasteiger partial charge in [-0.25, -0.2) is 0 Å². The van der Waals surface area contributed by atoms with Crippen LogP contribution in [-0.4, -0.2) is 40.2 Å². The maximum absolute atomic E-state index is 10.8. The Balaban J connectivity index is 0. The zero-order valence-corrected chi connectivity index (χ0v) is 20.4. The Kier molecular flexibility index (Phi) is 24.0. The number of carbonyl (C=O) groups is 1. The summed E-state index contributed by atoms with van der Waals surface area (Å²) in [5.41, 5.74) is 0. The number of hydrogen-bond acceptors (Lipinski definition) is 2. The first-order chi connectivity index (χ1) is 10.3. The zero-order chi connectivity index (χ0) is 15.6. The van der Waals surface area contributed by atoms with Crippen LogP contribution in [0.5, 0.6) is 0 Å². The van der Waals surface area contributed by atoms with Crippen molar-refractivity contribution in [3.63, 3.8) is 0 Å². The van der Waals surface area contributed by atoms with E-state index in [9.17, 15) is 4.79 Å². The summed E-state index contributed by atoms with van der Waals surface area (Å²) in [6.07, 6.45) is 20.5. The van der Waals surface area contributed by atoms with E-state index in [1.807, 2.05) is 0 Å². The molecule has 0 aliphatic heterocycles. The molecule has 2 radical (unpaired) electrons. The summed E-state index contributed by atoms with van der Waals surface area (Å²) in [7, 11) is 4.78. The van der Waals surface area contributed by atoms with Gasteiger partial charge in [0.1, 0.15) is 0 Å². The monoisotopic (exact) mass is 506 g/mol. The Bertz CT molecular complexity index is 225. The van der Waals surface area contributed by atoms with Crippen LogP contribution in [0.1, 0.15) is 110 Å². The van der Waals surface area contributed by atoms with E-state index in [0.29, 0.717) is 6.42 Å². The van der Waals surface area contributed by atoms with Gasteiger partial charge in [-0.3, -0.25) is 4.79 Å². The van der Waals surface area contributed by atoms with Crippen molar-refractivity contribution in [2.24, 2.45) is 0 Å². The zero-order valence-electron chi connectivity index (χ0n) is 14.9. The molecule has 0 atom stereocenters. The molecule has 0 N–H and O–H groups in total. The molecule has 0 bridgehead atoms. The van der Waals surface area contributed by atoms with Crippen LogP contribution in [0.2, 0.25) is 0 Å². The van der Waals surface area contributed by atoms with E-state index in [2.05, 4.69) is 11.6 Å². The van der Waals surface area contributed by atoms with Gasteiger partial charge in [-0.05, 0) is 6.42 Å². The summed E-state index contributed by atoms with van der Waals surface area (Å²) >= 11 is 0. The third-order valence-electron chi connectivity index (χ3n) is 4.12. The van der Waals surface area contributed by atoms with Gasteiger partial charge in [0.15, 0.2) is 0 Å². The molecular weight excluding hydrogens is 468 g/mol. The molecule has 0 aromatic carbocycles. The molecule has 22 heavy (non-hydrogen) atoms. The van der Waals surface area contributed by atoms with Crippen LogP contribution >= 0.6 is 0 Å². The van der Waals surface area contributed by atoms with Gasteiger partial charge in [0.25, 0.3) is 5.97 Å². The molecular formula is C18H38BBiO2. The molecule has 0 spiro atoms. The summed E-state index contributed by atoms with van der Waals surface area (Å²) in [5, 5.41) is 0. The third kappa shape index (κ3) is 20.4. The average molecular weight is 506 g/mol. The van der Waals surface area contributed by atoms with Crippen LogP contribution in [-0.2, 0) is 9.45 Å². The van der Waals surface area contributed by atoms with Crippen molar-refractivity contribution in [2.75, 3.05) is 0 Å². The van der Waals surface area contributed by atoms with Crippen molar-refractivity contribution in [3.05, 3.63) is 0 Å². The SMILES string of the molecule is [B]OC(=O)CCCCCCCCCCCCCCCCC.[BiH3]. The van der Waals surface area contributed by atoms with E-state index >= 15 is 0 Å². The van der Waals surface area contributed by atoms with Crippen LogP contribution < -0.4 is 0 Å². The standard InChI is InChI=1S/C18H35BO2.Bi.3H/c1-2-3-4-5-6-7-8-9-10-11-12-13-14-15-16-17-18(20)21-19;;;;/h2-17H2,1H3;;;;. The molecule has 0 aromatic rings. The van der Waals surface area contributed by atoms with E-state index < -0.39 is 0 Å². The molecule has 0 fully saturated rings. The Morgan fingerprint density at radius 1 is 0.682 bits per heavy atom. The molecule has 0 rings (SSSR count). The van der Waals surface area contributed by atoms with Crippen LogP contribution in [0.25, 0.3) is 0 Å². The van der Waals surface area contributed by atoms with Gasteiger partial charge in [0.2, 0.25) is 0 Å². The van der Waals surface area contributed by atoms with Crippen molar-refractivity contribution in [3.8, 4) is 0 Å². The summed E-state index contributed by atoms with van der Waals surface area (Å²) < 4.78 is 4.13. The summed E-state index contributed by atoms with van der Waals surface area (Å²) in [6, 6.07) is 0. The van der Waals surface area contributed by atoms with Crippen molar-refractivity contribution in [1.29, 1.82) is 0 Å². The Labute approximate surface area is 159 Å². The summed E-state index contributed by atoms with van der Waals surface area (Å²) in [4.78, 5) is 10.8. The quantitative estimate of drug-likeness (QED) is 0.224. The second-order valence-electron chi connectivity index (χ2n) is 6.19. The fourth-order valence-corrected chi connectivity index (χ4v) is 2.70. The summed E-state index contributed by atoms with van der Waals surface area (Å²) in [6.45, 7) is 2.27.